The topological polar surface area (TPSA) is 6.48 Å². The van der Waals surface area contributed by atoms with Crippen LogP contribution in [0, 0.1) is 17.0 Å². The predicted molar refractivity (Wildman–Crippen MR) is 93.8 cm³/mol. The zero-order valence-corrected chi connectivity index (χ0v) is 14.8. The van der Waals surface area contributed by atoms with Gasteiger partial charge in [0.1, 0.15) is 0 Å². The average Bonchev–Trinajstić information content (AvgIpc) is 2.93. The number of halogens is 2. The van der Waals surface area contributed by atoms with Crippen molar-refractivity contribution in [3.8, 4) is 0 Å². The summed E-state index contributed by atoms with van der Waals surface area (Å²) in [6.07, 6.45) is 5.92. The third-order valence-corrected chi connectivity index (χ3v) is 5.61. The van der Waals surface area contributed by atoms with Gasteiger partial charge in [-0.25, -0.2) is 8.78 Å². The minimum atomic E-state index is -0.764. The van der Waals surface area contributed by atoms with Gasteiger partial charge < -0.3 is 0 Å². The van der Waals surface area contributed by atoms with Gasteiger partial charge in [0.15, 0.2) is 11.6 Å². The van der Waals surface area contributed by atoms with Gasteiger partial charge in [-0.3, -0.25) is 9.80 Å². The molecule has 2 saturated heterocycles. The van der Waals surface area contributed by atoms with Gasteiger partial charge in [0.25, 0.3) is 0 Å². The summed E-state index contributed by atoms with van der Waals surface area (Å²) in [5.41, 5.74) is 2.68. The van der Waals surface area contributed by atoms with Crippen molar-refractivity contribution in [3.63, 3.8) is 0 Å². The highest BCUT2D eigenvalue weighted by atomic mass is 19.2. The molecule has 2 fully saturated rings. The van der Waals surface area contributed by atoms with Crippen LogP contribution >= 0.6 is 0 Å². The molecule has 0 bridgehead atoms. The van der Waals surface area contributed by atoms with Crippen LogP contribution in [0.3, 0.4) is 0 Å². The van der Waals surface area contributed by atoms with E-state index in [2.05, 4.69) is 29.7 Å². The fourth-order valence-corrected chi connectivity index (χ4v) is 4.28. The molecule has 1 aromatic rings. The average molecular weight is 334 g/mol. The van der Waals surface area contributed by atoms with Crippen molar-refractivity contribution in [1.82, 2.24) is 9.80 Å². The van der Waals surface area contributed by atoms with Crippen molar-refractivity contribution in [2.75, 3.05) is 32.7 Å². The van der Waals surface area contributed by atoms with Crippen molar-refractivity contribution in [1.29, 1.82) is 0 Å². The Hall–Kier alpha value is -1.26. The summed E-state index contributed by atoms with van der Waals surface area (Å²) in [4.78, 5) is 4.98. The van der Waals surface area contributed by atoms with Crippen LogP contribution < -0.4 is 0 Å². The number of hydrogen-bond acceptors (Lipinski definition) is 2. The van der Waals surface area contributed by atoms with E-state index in [0.717, 1.165) is 31.7 Å². The molecule has 2 aliphatic rings. The van der Waals surface area contributed by atoms with E-state index in [1.807, 2.05) is 0 Å². The Balaban J connectivity index is 1.61. The van der Waals surface area contributed by atoms with Crippen LogP contribution in [0.5, 0.6) is 0 Å². The number of likely N-dealkylation sites (tertiary alicyclic amines) is 2. The summed E-state index contributed by atoms with van der Waals surface area (Å²) < 4.78 is 26.5. The molecule has 2 nitrogen and oxygen atoms in total. The standard InChI is InChI=1S/C20H28F2N2/c1-3-16(2)12-24-10-8-20(15-24)7-4-9-23(14-20)13-17-5-6-18(21)19(22)11-17/h3,5-6,11H,4,7-10,12-15H2,1-2H3/b16-3+. The van der Waals surface area contributed by atoms with E-state index in [1.54, 1.807) is 6.07 Å². The molecule has 1 aromatic carbocycles. The normalized spacial score (nSPS) is 26.4. The molecule has 1 spiro atoms. The van der Waals surface area contributed by atoms with Crippen molar-refractivity contribution in [2.45, 2.75) is 39.7 Å². The second-order valence-electron chi connectivity index (χ2n) is 7.66. The van der Waals surface area contributed by atoms with Gasteiger partial charge in [0.05, 0.1) is 0 Å². The minimum Gasteiger partial charge on any atom is -0.299 e. The highest BCUT2D eigenvalue weighted by Crippen LogP contribution is 2.39. The molecule has 0 saturated carbocycles. The van der Waals surface area contributed by atoms with E-state index in [0.29, 0.717) is 12.0 Å². The summed E-state index contributed by atoms with van der Waals surface area (Å²) in [5, 5.41) is 0. The summed E-state index contributed by atoms with van der Waals surface area (Å²) >= 11 is 0. The fraction of sp³-hybridized carbons (Fsp3) is 0.600. The molecule has 0 N–H and O–H groups in total. The molecular formula is C20H28F2N2. The zero-order chi connectivity index (χ0) is 17.2. The van der Waals surface area contributed by atoms with E-state index in [9.17, 15) is 8.78 Å². The molecule has 3 rings (SSSR count). The molecule has 132 valence electrons. The van der Waals surface area contributed by atoms with E-state index in [1.165, 1.54) is 43.5 Å². The van der Waals surface area contributed by atoms with Crippen molar-refractivity contribution < 1.29 is 8.78 Å². The minimum absolute atomic E-state index is 0.380. The van der Waals surface area contributed by atoms with Gasteiger partial charge in [-0.1, -0.05) is 17.7 Å². The second-order valence-corrected chi connectivity index (χ2v) is 7.66. The van der Waals surface area contributed by atoms with Gasteiger partial charge in [-0.05, 0) is 69.3 Å². The van der Waals surface area contributed by atoms with Crippen LogP contribution in [0.1, 0.15) is 38.7 Å². The highest BCUT2D eigenvalue weighted by molar-refractivity contribution is 5.18. The van der Waals surface area contributed by atoms with E-state index in [-0.39, 0.29) is 0 Å². The molecule has 2 aliphatic heterocycles. The molecule has 24 heavy (non-hydrogen) atoms. The molecule has 1 unspecified atom stereocenters. The first-order chi connectivity index (χ1) is 11.5. The van der Waals surface area contributed by atoms with Crippen LogP contribution in [0.4, 0.5) is 8.78 Å². The first kappa shape index (κ1) is 17.6. The van der Waals surface area contributed by atoms with Crippen LogP contribution in [-0.2, 0) is 6.54 Å². The van der Waals surface area contributed by atoms with Gasteiger partial charge in [0.2, 0.25) is 0 Å². The van der Waals surface area contributed by atoms with Gasteiger partial charge in [0, 0.05) is 26.2 Å². The molecule has 0 aromatic heterocycles. The first-order valence-corrected chi connectivity index (χ1v) is 9.00. The van der Waals surface area contributed by atoms with E-state index >= 15 is 0 Å². The Morgan fingerprint density at radius 2 is 1.92 bits per heavy atom. The summed E-state index contributed by atoms with van der Waals surface area (Å²) in [6.45, 7) is 10.5. The molecule has 0 radical (unpaired) electrons. The maximum atomic E-state index is 13.4. The Bertz CT molecular complexity index is 614. The van der Waals surface area contributed by atoms with Crippen LogP contribution in [0.2, 0.25) is 0 Å². The van der Waals surface area contributed by atoms with Crippen LogP contribution in [0.25, 0.3) is 0 Å². The van der Waals surface area contributed by atoms with E-state index < -0.39 is 11.6 Å². The quantitative estimate of drug-likeness (QED) is 0.761. The summed E-state index contributed by atoms with van der Waals surface area (Å²) in [7, 11) is 0. The lowest BCUT2D eigenvalue weighted by atomic mass is 9.79. The van der Waals surface area contributed by atoms with Gasteiger partial charge in [-0.15, -0.1) is 0 Å². The number of benzene rings is 1. The van der Waals surface area contributed by atoms with Crippen molar-refractivity contribution in [3.05, 3.63) is 47.0 Å². The second kappa shape index (κ2) is 7.32. The first-order valence-electron chi connectivity index (χ1n) is 9.00. The van der Waals surface area contributed by atoms with E-state index in [4.69, 9.17) is 0 Å². The molecule has 4 heteroatoms. The molecule has 0 amide bonds. The van der Waals surface area contributed by atoms with Crippen LogP contribution in [0.15, 0.2) is 29.8 Å². The predicted octanol–water partition coefficient (Wildman–Crippen LogP) is 4.22. The number of rotatable bonds is 4. The Morgan fingerprint density at radius 1 is 1.12 bits per heavy atom. The molecule has 1 atom stereocenters. The lowest BCUT2D eigenvalue weighted by molar-refractivity contribution is 0.0883. The Labute approximate surface area is 144 Å². The smallest absolute Gasteiger partial charge is 0.159 e. The van der Waals surface area contributed by atoms with Crippen molar-refractivity contribution in [2.24, 2.45) is 5.41 Å². The number of piperidine rings is 1. The van der Waals surface area contributed by atoms with Gasteiger partial charge >= 0.3 is 0 Å². The van der Waals surface area contributed by atoms with Crippen LogP contribution in [-0.4, -0.2) is 42.5 Å². The third-order valence-electron chi connectivity index (χ3n) is 5.61. The molecule has 2 heterocycles. The summed E-state index contributed by atoms with van der Waals surface area (Å²) in [5.74, 6) is -1.51. The zero-order valence-electron chi connectivity index (χ0n) is 14.8. The SMILES string of the molecule is C/C=C(\C)CN1CCC2(CCCN(Cc3ccc(F)c(F)c3)C2)C1. The lowest BCUT2D eigenvalue weighted by Crippen LogP contribution is -2.44. The fourth-order valence-electron chi connectivity index (χ4n) is 4.28. The maximum absolute atomic E-state index is 13.4. The van der Waals surface area contributed by atoms with Gasteiger partial charge in [-0.2, -0.15) is 0 Å². The number of nitrogens with zero attached hydrogens (tertiary/aromatic N) is 2. The lowest BCUT2D eigenvalue weighted by Gasteiger charge is -2.40. The largest absolute Gasteiger partial charge is 0.299 e. The third kappa shape index (κ3) is 4.04. The monoisotopic (exact) mass is 334 g/mol. The highest BCUT2D eigenvalue weighted by Gasteiger charge is 2.41. The summed E-state index contributed by atoms with van der Waals surface area (Å²) in [6, 6.07) is 4.28. The van der Waals surface area contributed by atoms with Crippen molar-refractivity contribution >= 4 is 0 Å². The number of allylic oxidation sites excluding steroid dienone is 1. The maximum Gasteiger partial charge on any atom is 0.159 e. The molecular weight excluding hydrogens is 306 g/mol. The Morgan fingerprint density at radius 3 is 2.67 bits per heavy atom. The number of hydrogen-bond donors (Lipinski definition) is 0. The Kier molecular flexibility index (Phi) is 5.36. The molecule has 0 aliphatic carbocycles.